The maximum absolute atomic E-state index is 13.2. The van der Waals surface area contributed by atoms with Gasteiger partial charge in [-0.2, -0.15) is 10.2 Å². The van der Waals surface area contributed by atoms with E-state index in [0.717, 1.165) is 30.5 Å². The van der Waals surface area contributed by atoms with Crippen LogP contribution in [0.1, 0.15) is 52.5 Å². The molecule has 0 fully saturated rings. The quantitative estimate of drug-likeness (QED) is 0.822. The summed E-state index contributed by atoms with van der Waals surface area (Å²) in [6.45, 7) is 9.72. The molecule has 3 rings (SSSR count). The maximum Gasteiger partial charge on any atom is 0.271 e. The Labute approximate surface area is 166 Å². The fraction of sp³-hybridized carbons (Fsp3) is 0.524. The number of aryl methyl sites for hydroxylation is 1. The van der Waals surface area contributed by atoms with Crippen molar-refractivity contribution in [1.29, 1.82) is 0 Å². The molecule has 3 heterocycles. The molecule has 150 valence electrons. The van der Waals surface area contributed by atoms with Crippen molar-refractivity contribution < 1.29 is 4.79 Å². The van der Waals surface area contributed by atoms with Gasteiger partial charge in [0, 0.05) is 44.0 Å². The highest BCUT2D eigenvalue weighted by Gasteiger charge is 2.35. The summed E-state index contributed by atoms with van der Waals surface area (Å²) in [5.74, 6) is -0.0798. The highest BCUT2D eigenvalue weighted by Crippen LogP contribution is 2.24. The van der Waals surface area contributed by atoms with E-state index in [9.17, 15) is 4.79 Å². The zero-order valence-electron chi connectivity index (χ0n) is 17.5. The normalized spacial score (nSPS) is 20.4. The fourth-order valence-corrected chi connectivity index (χ4v) is 3.53. The van der Waals surface area contributed by atoms with E-state index in [4.69, 9.17) is 0 Å². The SMILES string of the molecule is CCC(C)=CNC1=C(C)CN(C(=O)C2=NN=C(c3cnn(C)c3)C2CC)CC1. The summed E-state index contributed by atoms with van der Waals surface area (Å²) in [7, 11) is 1.87. The summed E-state index contributed by atoms with van der Waals surface area (Å²) in [6.07, 6.45) is 8.41. The van der Waals surface area contributed by atoms with Crippen molar-refractivity contribution in [2.24, 2.45) is 23.2 Å². The standard InChI is InChI=1S/C21H30N6O/c1-6-14(3)10-22-18-8-9-27(12-15(18)4)21(28)20-17(7-2)19(24-25-20)16-11-23-26(5)13-16/h10-11,13,17,22H,6-9,12H2,1-5H3. The topological polar surface area (TPSA) is 74.9 Å². The summed E-state index contributed by atoms with van der Waals surface area (Å²) < 4.78 is 1.74. The number of rotatable bonds is 6. The van der Waals surface area contributed by atoms with Gasteiger partial charge in [-0.3, -0.25) is 9.48 Å². The lowest BCUT2D eigenvalue weighted by Crippen LogP contribution is -2.44. The number of amides is 1. The van der Waals surface area contributed by atoms with Gasteiger partial charge in [-0.25, -0.2) is 0 Å². The lowest BCUT2D eigenvalue weighted by Gasteiger charge is -2.30. The third kappa shape index (κ3) is 4.08. The predicted molar refractivity (Wildman–Crippen MR) is 112 cm³/mol. The first-order valence-electron chi connectivity index (χ1n) is 9.99. The van der Waals surface area contributed by atoms with E-state index < -0.39 is 0 Å². The summed E-state index contributed by atoms with van der Waals surface area (Å²) in [5.41, 5.74) is 6.03. The van der Waals surface area contributed by atoms with Crippen LogP contribution in [0.25, 0.3) is 0 Å². The Balaban J connectivity index is 1.69. The van der Waals surface area contributed by atoms with Crippen molar-refractivity contribution in [3.63, 3.8) is 0 Å². The van der Waals surface area contributed by atoms with Gasteiger partial charge < -0.3 is 10.2 Å². The molecule has 7 nitrogen and oxygen atoms in total. The minimum atomic E-state index is -0.0735. The number of nitrogens with one attached hydrogen (secondary N) is 1. The van der Waals surface area contributed by atoms with Crippen LogP contribution in [-0.4, -0.2) is 45.1 Å². The lowest BCUT2D eigenvalue weighted by molar-refractivity contribution is -0.124. The minimum Gasteiger partial charge on any atom is -0.365 e. The molecule has 0 spiro atoms. The Kier molecular flexibility index (Phi) is 6.11. The van der Waals surface area contributed by atoms with Crippen LogP contribution < -0.4 is 5.32 Å². The Morgan fingerprint density at radius 2 is 2.14 bits per heavy atom. The van der Waals surface area contributed by atoms with E-state index in [1.54, 1.807) is 10.9 Å². The van der Waals surface area contributed by atoms with Gasteiger partial charge in [0.1, 0.15) is 5.71 Å². The molecule has 1 unspecified atom stereocenters. The second kappa shape index (κ2) is 8.54. The molecule has 0 saturated heterocycles. The summed E-state index contributed by atoms with van der Waals surface area (Å²) >= 11 is 0. The largest absolute Gasteiger partial charge is 0.365 e. The molecule has 1 atom stereocenters. The molecule has 0 aliphatic carbocycles. The van der Waals surface area contributed by atoms with Crippen molar-refractivity contribution in [3.8, 4) is 0 Å². The van der Waals surface area contributed by atoms with Crippen molar-refractivity contribution >= 4 is 17.3 Å². The third-order valence-electron chi connectivity index (χ3n) is 5.47. The van der Waals surface area contributed by atoms with E-state index in [1.807, 2.05) is 18.1 Å². The molecule has 2 aliphatic rings. The molecule has 2 aliphatic heterocycles. The molecule has 1 aromatic rings. The van der Waals surface area contributed by atoms with Gasteiger partial charge in [-0.05, 0) is 38.5 Å². The van der Waals surface area contributed by atoms with Crippen LogP contribution in [0.5, 0.6) is 0 Å². The monoisotopic (exact) mass is 382 g/mol. The maximum atomic E-state index is 13.2. The van der Waals surface area contributed by atoms with Gasteiger partial charge in [0.2, 0.25) is 0 Å². The van der Waals surface area contributed by atoms with E-state index in [-0.39, 0.29) is 11.8 Å². The molecule has 1 amide bonds. The molecule has 28 heavy (non-hydrogen) atoms. The molecule has 1 aromatic heterocycles. The van der Waals surface area contributed by atoms with Gasteiger partial charge in [-0.1, -0.05) is 19.4 Å². The van der Waals surface area contributed by atoms with E-state index >= 15 is 0 Å². The zero-order valence-corrected chi connectivity index (χ0v) is 17.5. The average Bonchev–Trinajstić information content (AvgIpc) is 3.31. The third-order valence-corrected chi connectivity index (χ3v) is 5.47. The van der Waals surface area contributed by atoms with Crippen LogP contribution in [0.3, 0.4) is 0 Å². The first kappa shape index (κ1) is 20.0. The average molecular weight is 383 g/mol. The molecular formula is C21H30N6O. The number of aromatic nitrogens is 2. The van der Waals surface area contributed by atoms with E-state index in [1.165, 1.54) is 16.8 Å². The zero-order chi connectivity index (χ0) is 20.3. The number of hydrogen-bond donors (Lipinski definition) is 1. The van der Waals surface area contributed by atoms with Crippen molar-refractivity contribution in [2.45, 2.75) is 47.0 Å². The van der Waals surface area contributed by atoms with E-state index in [0.29, 0.717) is 18.8 Å². The highest BCUT2D eigenvalue weighted by atomic mass is 16.2. The second-order valence-corrected chi connectivity index (χ2v) is 7.56. The highest BCUT2D eigenvalue weighted by molar-refractivity contribution is 6.45. The van der Waals surface area contributed by atoms with Gasteiger partial charge >= 0.3 is 0 Å². The van der Waals surface area contributed by atoms with E-state index in [2.05, 4.69) is 54.5 Å². The summed E-state index contributed by atoms with van der Waals surface area (Å²) in [6, 6.07) is 0. The van der Waals surface area contributed by atoms with Gasteiger partial charge in [0.25, 0.3) is 5.91 Å². The van der Waals surface area contributed by atoms with Crippen LogP contribution >= 0.6 is 0 Å². The number of allylic oxidation sites excluding steroid dienone is 1. The smallest absolute Gasteiger partial charge is 0.271 e. The summed E-state index contributed by atoms with van der Waals surface area (Å²) in [4.78, 5) is 15.1. The molecule has 0 saturated carbocycles. The van der Waals surface area contributed by atoms with Crippen molar-refractivity contribution in [1.82, 2.24) is 20.0 Å². The summed E-state index contributed by atoms with van der Waals surface area (Å²) in [5, 5.41) is 16.2. The van der Waals surface area contributed by atoms with Gasteiger partial charge in [0.15, 0.2) is 0 Å². The second-order valence-electron chi connectivity index (χ2n) is 7.56. The van der Waals surface area contributed by atoms with Crippen LogP contribution in [0.4, 0.5) is 0 Å². The van der Waals surface area contributed by atoms with Crippen LogP contribution in [0.2, 0.25) is 0 Å². The number of carbonyl (C=O) groups is 1. The van der Waals surface area contributed by atoms with Crippen LogP contribution in [-0.2, 0) is 11.8 Å². The molecule has 7 heteroatoms. The Morgan fingerprint density at radius 1 is 1.36 bits per heavy atom. The van der Waals surface area contributed by atoms with Gasteiger partial charge in [0.05, 0.1) is 17.8 Å². The number of carbonyl (C=O) groups excluding carboxylic acids is 1. The fourth-order valence-electron chi connectivity index (χ4n) is 3.53. The van der Waals surface area contributed by atoms with Crippen molar-refractivity contribution in [3.05, 3.63) is 41.0 Å². The van der Waals surface area contributed by atoms with Crippen LogP contribution in [0.15, 0.2) is 45.6 Å². The van der Waals surface area contributed by atoms with Gasteiger partial charge in [-0.15, -0.1) is 5.10 Å². The minimum absolute atomic E-state index is 0.00632. The Bertz CT molecular complexity index is 873. The lowest BCUT2D eigenvalue weighted by atomic mass is 9.91. The van der Waals surface area contributed by atoms with Crippen molar-refractivity contribution in [2.75, 3.05) is 13.1 Å². The number of nitrogens with zero attached hydrogens (tertiary/aromatic N) is 5. The van der Waals surface area contributed by atoms with Crippen LogP contribution in [0, 0.1) is 5.92 Å². The molecule has 0 radical (unpaired) electrons. The Hall–Kier alpha value is -2.70. The first-order chi connectivity index (χ1) is 13.4. The number of hydrogen-bond acceptors (Lipinski definition) is 5. The molecule has 0 bridgehead atoms. The molecule has 1 N–H and O–H groups in total. The predicted octanol–water partition coefficient (Wildman–Crippen LogP) is 3.01. The molecule has 0 aromatic carbocycles. The molecular weight excluding hydrogens is 352 g/mol. The first-order valence-corrected chi connectivity index (χ1v) is 9.99. The Morgan fingerprint density at radius 3 is 2.75 bits per heavy atom.